The van der Waals surface area contributed by atoms with Gasteiger partial charge in [-0.3, -0.25) is 4.79 Å². The molecule has 2 rings (SSSR count). The number of amides is 1. The molecule has 17 heavy (non-hydrogen) atoms. The Morgan fingerprint density at radius 2 is 2.18 bits per heavy atom. The summed E-state index contributed by atoms with van der Waals surface area (Å²) in [7, 11) is 0. The van der Waals surface area contributed by atoms with Gasteiger partial charge in [-0.2, -0.15) is 8.75 Å². The quantitative estimate of drug-likeness (QED) is 0.847. The fraction of sp³-hybridized carbons (Fsp3) is 0.182. The highest BCUT2D eigenvalue weighted by molar-refractivity contribution is 6.99. The number of carbonyl (C=O) groups is 1. The van der Waals surface area contributed by atoms with E-state index in [1.54, 1.807) is 0 Å². The number of hydrogen-bond donors (Lipinski definition) is 2. The molecule has 1 aromatic heterocycles. The van der Waals surface area contributed by atoms with Crippen LogP contribution in [0.1, 0.15) is 22.1 Å². The summed E-state index contributed by atoms with van der Waals surface area (Å²) in [6, 6.07) is 8.86. The first kappa shape index (κ1) is 11.7. The third-order valence-corrected chi connectivity index (χ3v) is 2.76. The lowest BCUT2D eigenvalue weighted by atomic mass is 10.1. The van der Waals surface area contributed by atoms with Crippen LogP contribution in [0.4, 0.5) is 0 Å². The zero-order valence-electron chi connectivity index (χ0n) is 8.91. The van der Waals surface area contributed by atoms with Gasteiger partial charge in [-0.05, 0) is 5.56 Å². The van der Waals surface area contributed by atoms with Crippen LogP contribution in [-0.4, -0.2) is 26.4 Å². The highest BCUT2D eigenvalue weighted by atomic mass is 32.1. The van der Waals surface area contributed by atoms with Crippen molar-refractivity contribution in [2.75, 3.05) is 6.61 Å². The van der Waals surface area contributed by atoms with Crippen molar-refractivity contribution in [2.45, 2.75) is 6.04 Å². The lowest BCUT2D eigenvalue weighted by Crippen LogP contribution is -2.30. The van der Waals surface area contributed by atoms with Crippen molar-refractivity contribution in [2.24, 2.45) is 0 Å². The molecule has 0 aliphatic carbocycles. The standard InChI is InChI=1S/C11H11N3O2S/c15-7-10(8-4-2-1-3-5-8)13-11(16)9-6-12-17-14-9/h1-6,10,15H,7H2,(H,13,16)/t10-/m0/s1. The molecular weight excluding hydrogens is 238 g/mol. The third kappa shape index (κ3) is 2.86. The van der Waals surface area contributed by atoms with E-state index in [9.17, 15) is 9.90 Å². The predicted molar refractivity (Wildman–Crippen MR) is 63.6 cm³/mol. The van der Waals surface area contributed by atoms with Crippen molar-refractivity contribution >= 4 is 17.6 Å². The number of carbonyl (C=O) groups excluding carboxylic acids is 1. The molecule has 1 atom stereocenters. The summed E-state index contributed by atoms with van der Waals surface area (Å²) >= 11 is 0.975. The van der Waals surface area contributed by atoms with Crippen LogP contribution in [0.2, 0.25) is 0 Å². The maximum absolute atomic E-state index is 11.7. The molecule has 0 saturated heterocycles. The van der Waals surface area contributed by atoms with Crippen LogP contribution in [0.25, 0.3) is 0 Å². The van der Waals surface area contributed by atoms with Crippen molar-refractivity contribution in [3.8, 4) is 0 Å². The van der Waals surface area contributed by atoms with Crippen LogP contribution in [-0.2, 0) is 0 Å². The summed E-state index contributed by atoms with van der Waals surface area (Å²) < 4.78 is 7.59. The Morgan fingerprint density at radius 1 is 1.41 bits per heavy atom. The lowest BCUT2D eigenvalue weighted by Gasteiger charge is -2.15. The van der Waals surface area contributed by atoms with E-state index in [-0.39, 0.29) is 18.2 Å². The Hall–Kier alpha value is -1.79. The van der Waals surface area contributed by atoms with E-state index in [1.807, 2.05) is 30.3 Å². The van der Waals surface area contributed by atoms with Gasteiger partial charge in [0.25, 0.3) is 5.91 Å². The molecule has 0 unspecified atom stereocenters. The summed E-state index contributed by atoms with van der Waals surface area (Å²) in [6.45, 7) is -0.159. The fourth-order valence-corrected chi connectivity index (χ4v) is 1.83. The van der Waals surface area contributed by atoms with E-state index in [1.165, 1.54) is 6.20 Å². The molecule has 0 aliphatic heterocycles. The second kappa shape index (κ2) is 5.51. The van der Waals surface area contributed by atoms with E-state index < -0.39 is 6.04 Å². The van der Waals surface area contributed by atoms with Crippen molar-refractivity contribution in [1.29, 1.82) is 0 Å². The van der Waals surface area contributed by atoms with Crippen molar-refractivity contribution < 1.29 is 9.90 Å². The number of aliphatic hydroxyl groups is 1. The van der Waals surface area contributed by atoms with Crippen LogP contribution >= 0.6 is 11.7 Å². The van der Waals surface area contributed by atoms with Gasteiger partial charge in [-0.1, -0.05) is 30.3 Å². The molecule has 2 N–H and O–H groups in total. The van der Waals surface area contributed by atoms with Gasteiger partial charge >= 0.3 is 0 Å². The van der Waals surface area contributed by atoms with E-state index in [4.69, 9.17) is 0 Å². The maximum atomic E-state index is 11.7. The molecule has 88 valence electrons. The molecule has 2 aromatic rings. The van der Waals surface area contributed by atoms with Crippen molar-refractivity contribution in [3.63, 3.8) is 0 Å². The topological polar surface area (TPSA) is 75.1 Å². The van der Waals surface area contributed by atoms with Gasteiger partial charge in [0, 0.05) is 0 Å². The molecule has 1 amide bonds. The SMILES string of the molecule is O=C(N[C@@H](CO)c1ccccc1)c1cnsn1. The summed E-state index contributed by atoms with van der Waals surface area (Å²) in [4.78, 5) is 11.7. The van der Waals surface area contributed by atoms with Gasteiger partial charge in [-0.15, -0.1) is 0 Å². The molecule has 1 aromatic carbocycles. The maximum Gasteiger partial charge on any atom is 0.273 e. The first-order chi connectivity index (χ1) is 8.31. The molecule has 0 spiro atoms. The second-order valence-corrected chi connectivity index (χ2v) is 3.97. The van der Waals surface area contributed by atoms with Crippen LogP contribution in [0.3, 0.4) is 0 Å². The Labute approximate surface area is 102 Å². The van der Waals surface area contributed by atoms with Crippen LogP contribution in [0.5, 0.6) is 0 Å². The Morgan fingerprint density at radius 3 is 2.76 bits per heavy atom. The average Bonchev–Trinajstić information content (AvgIpc) is 2.90. The summed E-state index contributed by atoms with van der Waals surface area (Å²) in [5.41, 5.74) is 1.12. The predicted octanol–water partition coefficient (Wildman–Crippen LogP) is 1.00. The minimum atomic E-state index is -0.426. The number of aliphatic hydroxyl groups excluding tert-OH is 1. The van der Waals surface area contributed by atoms with E-state index in [0.717, 1.165) is 17.3 Å². The second-order valence-electron chi connectivity index (χ2n) is 3.41. The molecule has 0 bridgehead atoms. The molecule has 1 heterocycles. The molecule has 5 nitrogen and oxygen atoms in total. The molecule has 0 saturated carbocycles. The van der Waals surface area contributed by atoms with Gasteiger partial charge in [0.05, 0.1) is 30.6 Å². The normalized spacial score (nSPS) is 12.1. The molecular formula is C11H11N3O2S. The minimum absolute atomic E-state index is 0.159. The number of rotatable bonds is 4. The van der Waals surface area contributed by atoms with Crippen molar-refractivity contribution in [3.05, 3.63) is 47.8 Å². The van der Waals surface area contributed by atoms with Gasteiger partial charge < -0.3 is 10.4 Å². The van der Waals surface area contributed by atoms with Gasteiger partial charge in [0.1, 0.15) is 0 Å². The largest absolute Gasteiger partial charge is 0.394 e. The smallest absolute Gasteiger partial charge is 0.273 e. The van der Waals surface area contributed by atoms with Crippen LogP contribution < -0.4 is 5.32 Å². The fourth-order valence-electron chi connectivity index (χ4n) is 1.42. The van der Waals surface area contributed by atoms with Crippen molar-refractivity contribution in [1.82, 2.24) is 14.1 Å². The average molecular weight is 249 g/mol. The highest BCUT2D eigenvalue weighted by Gasteiger charge is 2.16. The lowest BCUT2D eigenvalue weighted by molar-refractivity contribution is 0.0912. The number of hydrogen-bond acceptors (Lipinski definition) is 5. The first-order valence-corrected chi connectivity index (χ1v) is 5.78. The molecule has 0 radical (unpaired) electrons. The Bertz CT molecular complexity index is 473. The molecule has 0 aliphatic rings. The summed E-state index contributed by atoms with van der Waals surface area (Å²) in [6.07, 6.45) is 1.40. The highest BCUT2D eigenvalue weighted by Crippen LogP contribution is 2.12. The number of nitrogens with one attached hydrogen (secondary N) is 1. The third-order valence-electron chi connectivity index (χ3n) is 2.28. The number of benzene rings is 1. The van der Waals surface area contributed by atoms with E-state index in [0.29, 0.717) is 0 Å². The van der Waals surface area contributed by atoms with Crippen LogP contribution in [0.15, 0.2) is 36.5 Å². The number of aromatic nitrogens is 2. The first-order valence-electron chi connectivity index (χ1n) is 5.05. The van der Waals surface area contributed by atoms with E-state index in [2.05, 4.69) is 14.1 Å². The Kier molecular flexibility index (Phi) is 3.79. The molecule has 6 heteroatoms. The van der Waals surface area contributed by atoms with E-state index >= 15 is 0 Å². The molecule has 0 fully saturated rings. The minimum Gasteiger partial charge on any atom is -0.394 e. The summed E-state index contributed by atoms with van der Waals surface area (Å²) in [5.74, 6) is -0.332. The van der Waals surface area contributed by atoms with Gasteiger partial charge in [0.2, 0.25) is 0 Å². The monoisotopic (exact) mass is 249 g/mol. The summed E-state index contributed by atoms with van der Waals surface area (Å²) in [5, 5.41) is 12.0. The van der Waals surface area contributed by atoms with Gasteiger partial charge in [0.15, 0.2) is 5.69 Å². The zero-order valence-corrected chi connectivity index (χ0v) is 9.72. The van der Waals surface area contributed by atoms with Gasteiger partial charge in [-0.25, -0.2) is 0 Å². The zero-order chi connectivity index (χ0) is 12.1. The number of nitrogens with zero attached hydrogens (tertiary/aromatic N) is 2. The Balaban J connectivity index is 2.09. The van der Waals surface area contributed by atoms with Crippen LogP contribution in [0, 0.1) is 0 Å².